The Balaban J connectivity index is 1.53. The van der Waals surface area contributed by atoms with Gasteiger partial charge >= 0.3 is 0 Å². The number of imidazole rings is 1. The Labute approximate surface area is 164 Å². The summed E-state index contributed by atoms with van der Waals surface area (Å²) in [6.07, 6.45) is 7.17. The largest absolute Gasteiger partial charge is 0.483 e. The second kappa shape index (κ2) is 7.72. The second-order valence-corrected chi connectivity index (χ2v) is 6.98. The van der Waals surface area contributed by atoms with E-state index in [9.17, 15) is 4.79 Å². The number of amides is 1. The van der Waals surface area contributed by atoms with Crippen LogP contribution in [0.15, 0.2) is 73.8 Å². The summed E-state index contributed by atoms with van der Waals surface area (Å²) in [4.78, 5) is 18.9. The van der Waals surface area contributed by atoms with Gasteiger partial charge in [-0.05, 0) is 43.5 Å². The van der Waals surface area contributed by atoms with Crippen molar-refractivity contribution in [3.63, 3.8) is 0 Å². The Morgan fingerprint density at radius 3 is 2.82 bits per heavy atom. The van der Waals surface area contributed by atoms with Gasteiger partial charge in [0.05, 0.1) is 12.0 Å². The molecular formula is C23H23N3O2. The molecule has 5 heteroatoms. The third kappa shape index (κ3) is 3.43. The predicted molar refractivity (Wildman–Crippen MR) is 110 cm³/mol. The van der Waals surface area contributed by atoms with Gasteiger partial charge in [0.15, 0.2) is 6.61 Å². The highest BCUT2D eigenvalue weighted by molar-refractivity contribution is 5.96. The second-order valence-electron chi connectivity index (χ2n) is 6.98. The van der Waals surface area contributed by atoms with Crippen LogP contribution in [0.3, 0.4) is 0 Å². The van der Waals surface area contributed by atoms with Crippen LogP contribution in [-0.2, 0) is 11.2 Å². The van der Waals surface area contributed by atoms with E-state index in [1.807, 2.05) is 58.1 Å². The highest BCUT2D eigenvalue weighted by Crippen LogP contribution is 2.31. The maximum atomic E-state index is 13.0. The van der Waals surface area contributed by atoms with E-state index in [4.69, 9.17) is 4.74 Å². The topological polar surface area (TPSA) is 47.4 Å². The first-order valence-corrected chi connectivity index (χ1v) is 9.44. The van der Waals surface area contributed by atoms with Crippen molar-refractivity contribution in [2.24, 2.45) is 0 Å². The van der Waals surface area contributed by atoms with Crippen molar-refractivity contribution in [1.29, 1.82) is 0 Å². The number of carbonyl (C=O) groups is 1. The Morgan fingerprint density at radius 1 is 1.21 bits per heavy atom. The number of aryl methyl sites for hydroxylation is 1. The molecule has 2 heterocycles. The number of hydrogen-bond acceptors (Lipinski definition) is 3. The molecule has 142 valence electrons. The summed E-state index contributed by atoms with van der Waals surface area (Å²) in [5.41, 5.74) is 3.78. The monoisotopic (exact) mass is 373 g/mol. The molecule has 0 N–H and O–H groups in total. The first-order chi connectivity index (χ1) is 13.6. The Morgan fingerprint density at radius 2 is 2.00 bits per heavy atom. The molecule has 28 heavy (non-hydrogen) atoms. The molecule has 1 amide bonds. The Hall–Kier alpha value is -3.34. The standard InChI is InChI=1S/C23H23N3O2/c1-17-11-12-19-7-3-5-9-21(19)26(17)23(27)15-28-22-10-6-4-8-20(22)18(2)25-14-13-24-16-25/h3-10,13-14,16-17H,2,11-12,15H2,1H3. The van der Waals surface area contributed by atoms with Crippen LogP contribution in [0.5, 0.6) is 5.75 Å². The van der Waals surface area contributed by atoms with Crippen LogP contribution in [0.2, 0.25) is 0 Å². The molecular weight excluding hydrogens is 350 g/mol. The zero-order valence-corrected chi connectivity index (χ0v) is 15.9. The number of rotatable bonds is 5. The number of nitrogens with zero attached hydrogens (tertiary/aromatic N) is 3. The average Bonchev–Trinajstić information content (AvgIpc) is 3.26. The quantitative estimate of drug-likeness (QED) is 0.675. The lowest BCUT2D eigenvalue weighted by molar-refractivity contribution is -0.121. The van der Waals surface area contributed by atoms with Crippen molar-refractivity contribution in [1.82, 2.24) is 9.55 Å². The number of anilines is 1. The highest BCUT2D eigenvalue weighted by atomic mass is 16.5. The van der Waals surface area contributed by atoms with Crippen LogP contribution in [0.25, 0.3) is 5.70 Å². The molecule has 0 aliphatic carbocycles. The van der Waals surface area contributed by atoms with Gasteiger partial charge in [0, 0.05) is 29.7 Å². The summed E-state index contributed by atoms with van der Waals surface area (Å²) in [6, 6.07) is 15.9. The van der Waals surface area contributed by atoms with Crippen molar-refractivity contribution in [2.75, 3.05) is 11.5 Å². The highest BCUT2D eigenvalue weighted by Gasteiger charge is 2.28. The minimum Gasteiger partial charge on any atom is -0.483 e. The first kappa shape index (κ1) is 18.0. The van der Waals surface area contributed by atoms with Gasteiger partial charge in [0.25, 0.3) is 5.91 Å². The van der Waals surface area contributed by atoms with E-state index >= 15 is 0 Å². The molecule has 0 saturated carbocycles. The lowest BCUT2D eigenvalue weighted by atomic mass is 9.96. The van der Waals surface area contributed by atoms with Crippen LogP contribution in [0.4, 0.5) is 5.69 Å². The summed E-state index contributed by atoms with van der Waals surface area (Å²) in [7, 11) is 0. The van der Waals surface area contributed by atoms with Crippen molar-refractivity contribution in [2.45, 2.75) is 25.8 Å². The zero-order valence-electron chi connectivity index (χ0n) is 15.9. The fourth-order valence-corrected chi connectivity index (χ4v) is 3.67. The number of fused-ring (bicyclic) bond motifs is 1. The SMILES string of the molecule is C=C(c1ccccc1OCC(=O)N1c2ccccc2CCC1C)n1ccnc1. The van der Waals surface area contributed by atoms with E-state index in [2.05, 4.69) is 24.6 Å². The van der Waals surface area contributed by atoms with E-state index in [1.165, 1.54) is 5.56 Å². The summed E-state index contributed by atoms with van der Waals surface area (Å²) in [6.45, 7) is 6.20. The van der Waals surface area contributed by atoms with Gasteiger partial charge < -0.3 is 14.2 Å². The van der Waals surface area contributed by atoms with E-state index < -0.39 is 0 Å². The Kier molecular flexibility index (Phi) is 4.98. The number of hydrogen-bond donors (Lipinski definition) is 0. The minimum absolute atomic E-state index is 0.0209. The van der Waals surface area contributed by atoms with Crippen LogP contribution >= 0.6 is 0 Å². The minimum atomic E-state index is -0.0392. The lowest BCUT2D eigenvalue weighted by Crippen LogP contribution is -2.44. The lowest BCUT2D eigenvalue weighted by Gasteiger charge is -2.35. The molecule has 0 fully saturated rings. The molecule has 5 nitrogen and oxygen atoms in total. The zero-order chi connectivity index (χ0) is 19.5. The maximum absolute atomic E-state index is 13.0. The number of aromatic nitrogens is 2. The third-order valence-corrected chi connectivity index (χ3v) is 5.16. The van der Waals surface area contributed by atoms with Gasteiger partial charge in [-0.2, -0.15) is 0 Å². The first-order valence-electron chi connectivity index (χ1n) is 9.44. The van der Waals surface area contributed by atoms with Crippen molar-refractivity contribution >= 4 is 17.3 Å². The molecule has 0 spiro atoms. The molecule has 2 aromatic carbocycles. The molecule has 0 saturated heterocycles. The fourth-order valence-electron chi connectivity index (χ4n) is 3.67. The van der Waals surface area contributed by atoms with Gasteiger partial charge in [-0.3, -0.25) is 4.79 Å². The van der Waals surface area contributed by atoms with Crippen LogP contribution in [-0.4, -0.2) is 28.1 Å². The number of carbonyl (C=O) groups excluding carboxylic acids is 1. The summed E-state index contributed by atoms with van der Waals surface area (Å²) < 4.78 is 7.78. The van der Waals surface area contributed by atoms with E-state index in [-0.39, 0.29) is 18.6 Å². The molecule has 1 atom stereocenters. The molecule has 4 rings (SSSR count). The van der Waals surface area contributed by atoms with Crippen LogP contribution in [0, 0.1) is 0 Å². The van der Waals surface area contributed by atoms with Crippen molar-refractivity contribution in [3.05, 3.63) is 85.0 Å². The van der Waals surface area contributed by atoms with Gasteiger partial charge in [0.2, 0.25) is 0 Å². The molecule has 1 aromatic heterocycles. The van der Waals surface area contributed by atoms with E-state index in [0.29, 0.717) is 5.75 Å². The molecule has 0 bridgehead atoms. The Bertz CT molecular complexity index is 995. The van der Waals surface area contributed by atoms with Crippen molar-refractivity contribution < 1.29 is 9.53 Å². The van der Waals surface area contributed by atoms with Crippen molar-refractivity contribution in [3.8, 4) is 5.75 Å². The summed E-state index contributed by atoms with van der Waals surface area (Å²) in [5, 5.41) is 0. The van der Waals surface area contributed by atoms with Gasteiger partial charge in [-0.15, -0.1) is 0 Å². The van der Waals surface area contributed by atoms with Crippen LogP contribution in [0.1, 0.15) is 24.5 Å². The number of ether oxygens (including phenoxy) is 1. The summed E-state index contributed by atoms with van der Waals surface area (Å²) in [5.74, 6) is 0.593. The number of para-hydroxylation sites is 2. The molecule has 1 aliphatic heterocycles. The fraction of sp³-hybridized carbons (Fsp3) is 0.217. The van der Waals surface area contributed by atoms with E-state index in [1.54, 1.807) is 12.5 Å². The normalized spacial score (nSPS) is 15.8. The van der Waals surface area contributed by atoms with Gasteiger partial charge in [0.1, 0.15) is 5.75 Å². The maximum Gasteiger partial charge on any atom is 0.265 e. The van der Waals surface area contributed by atoms with Crippen LogP contribution < -0.4 is 9.64 Å². The molecule has 1 unspecified atom stereocenters. The third-order valence-electron chi connectivity index (χ3n) is 5.16. The predicted octanol–water partition coefficient (Wildman–Crippen LogP) is 4.15. The van der Waals surface area contributed by atoms with Gasteiger partial charge in [-0.25, -0.2) is 4.98 Å². The summed E-state index contributed by atoms with van der Waals surface area (Å²) >= 11 is 0. The number of benzene rings is 2. The molecule has 0 radical (unpaired) electrons. The smallest absolute Gasteiger partial charge is 0.265 e. The molecule has 3 aromatic rings. The van der Waals surface area contributed by atoms with E-state index in [0.717, 1.165) is 29.8 Å². The van der Waals surface area contributed by atoms with Gasteiger partial charge in [-0.1, -0.05) is 36.9 Å². The molecule has 1 aliphatic rings. The average molecular weight is 373 g/mol.